The Hall–Kier alpha value is -2.32. The summed E-state index contributed by atoms with van der Waals surface area (Å²) in [4.78, 5) is 22.2. The molecule has 2 bridgehead atoms. The molecule has 2 N–H and O–H groups in total. The summed E-state index contributed by atoms with van der Waals surface area (Å²) in [5.74, 6) is 1.84. The highest BCUT2D eigenvalue weighted by Gasteiger charge is 2.40. The molecule has 0 unspecified atom stereocenters. The van der Waals surface area contributed by atoms with Crippen LogP contribution in [0.1, 0.15) is 37.7 Å². The number of nitrogens with zero attached hydrogens (tertiary/aromatic N) is 1. The summed E-state index contributed by atoms with van der Waals surface area (Å²) in [5, 5.41) is 16.5. The fraction of sp³-hybridized carbons (Fsp3) is 0.611. The second-order valence-electron chi connectivity index (χ2n) is 7.40. The SMILES string of the molecule is O=C(C[C@@H]1C[C@H]2CC[C@@H]1C2)NCCNc1ccc(C(F)(F)F)cc1[N+](=O)[O-]. The summed E-state index contributed by atoms with van der Waals surface area (Å²) >= 11 is 0. The molecule has 1 aromatic carbocycles. The number of carbonyl (C=O) groups excluding carboxylic acids is 1. The van der Waals surface area contributed by atoms with E-state index in [4.69, 9.17) is 0 Å². The monoisotopic (exact) mass is 385 g/mol. The van der Waals surface area contributed by atoms with Crippen molar-refractivity contribution in [3.63, 3.8) is 0 Å². The average molecular weight is 385 g/mol. The van der Waals surface area contributed by atoms with Crippen LogP contribution in [0.2, 0.25) is 0 Å². The Balaban J connectivity index is 1.47. The number of alkyl halides is 3. The van der Waals surface area contributed by atoms with Crippen molar-refractivity contribution in [2.24, 2.45) is 17.8 Å². The van der Waals surface area contributed by atoms with Gasteiger partial charge in [-0.05, 0) is 49.1 Å². The third kappa shape index (κ3) is 4.70. The fourth-order valence-corrected chi connectivity index (χ4v) is 4.34. The highest BCUT2D eigenvalue weighted by molar-refractivity contribution is 5.76. The molecule has 9 heteroatoms. The molecular weight excluding hydrogens is 363 g/mol. The lowest BCUT2D eigenvalue weighted by molar-refractivity contribution is -0.384. The van der Waals surface area contributed by atoms with Crippen molar-refractivity contribution in [1.29, 1.82) is 0 Å². The molecule has 0 spiro atoms. The molecule has 2 saturated carbocycles. The van der Waals surface area contributed by atoms with Gasteiger partial charge in [-0.1, -0.05) is 6.42 Å². The van der Waals surface area contributed by atoms with Gasteiger partial charge in [0.05, 0.1) is 10.5 Å². The Labute approximate surface area is 154 Å². The molecule has 2 fully saturated rings. The lowest BCUT2D eigenvalue weighted by atomic mass is 9.86. The predicted octanol–water partition coefficient (Wildman–Crippen LogP) is 3.97. The zero-order valence-corrected chi connectivity index (χ0v) is 14.7. The second kappa shape index (κ2) is 7.74. The number of rotatable bonds is 7. The number of hydrogen-bond acceptors (Lipinski definition) is 4. The van der Waals surface area contributed by atoms with E-state index in [2.05, 4.69) is 10.6 Å². The maximum atomic E-state index is 12.7. The number of nitro benzene ring substituents is 1. The van der Waals surface area contributed by atoms with Crippen LogP contribution in [0.5, 0.6) is 0 Å². The van der Waals surface area contributed by atoms with Gasteiger partial charge in [-0.3, -0.25) is 14.9 Å². The molecule has 3 atom stereocenters. The van der Waals surface area contributed by atoms with Crippen molar-refractivity contribution in [2.75, 3.05) is 18.4 Å². The van der Waals surface area contributed by atoms with Crippen LogP contribution in [0.4, 0.5) is 24.5 Å². The van der Waals surface area contributed by atoms with Gasteiger partial charge in [0, 0.05) is 25.6 Å². The summed E-state index contributed by atoms with van der Waals surface area (Å²) in [6, 6.07) is 2.34. The van der Waals surface area contributed by atoms with Crippen LogP contribution in [-0.2, 0) is 11.0 Å². The number of anilines is 1. The molecule has 0 radical (unpaired) electrons. The summed E-state index contributed by atoms with van der Waals surface area (Å²) in [6.07, 6.45) is 0.699. The quantitative estimate of drug-likeness (QED) is 0.423. The minimum absolute atomic E-state index is 0.00430. The number of hydrogen-bond donors (Lipinski definition) is 2. The molecule has 2 aliphatic rings. The first kappa shape index (κ1) is 19.4. The average Bonchev–Trinajstić information content (AvgIpc) is 3.20. The second-order valence-corrected chi connectivity index (χ2v) is 7.40. The van der Waals surface area contributed by atoms with Crippen LogP contribution in [-0.4, -0.2) is 23.9 Å². The van der Waals surface area contributed by atoms with E-state index in [-0.39, 0.29) is 24.7 Å². The van der Waals surface area contributed by atoms with Crippen LogP contribution in [0.3, 0.4) is 0 Å². The van der Waals surface area contributed by atoms with E-state index < -0.39 is 22.4 Å². The molecule has 0 saturated heterocycles. The fourth-order valence-electron chi connectivity index (χ4n) is 4.34. The van der Waals surface area contributed by atoms with E-state index in [0.717, 1.165) is 24.5 Å². The molecule has 0 heterocycles. The zero-order chi connectivity index (χ0) is 19.6. The smallest absolute Gasteiger partial charge is 0.378 e. The minimum Gasteiger partial charge on any atom is -0.378 e. The number of amides is 1. The summed E-state index contributed by atoms with van der Waals surface area (Å²) in [6.45, 7) is 0.437. The van der Waals surface area contributed by atoms with Crippen LogP contribution < -0.4 is 10.6 Å². The Morgan fingerprint density at radius 3 is 2.59 bits per heavy atom. The normalized spacial score (nSPS) is 24.0. The molecule has 3 rings (SSSR count). The van der Waals surface area contributed by atoms with Crippen LogP contribution in [0, 0.1) is 27.9 Å². The van der Waals surface area contributed by atoms with Crippen molar-refractivity contribution in [3.8, 4) is 0 Å². The maximum absolute atomic E-state index is 12.7. The first-order valence-corrected chi connectivity index (χ1v) is 9.10. The number of benzene rings is 1. The Morgan fingerprint density at radius 1 is 1.22 bits per heavy atom. The van der Waals surface area contributed by atoms with Gasteiger partial charge in [-0.15, -0.1) is 0 Å². The van der Waals surface area contributed by atoms with Gasteiger partial charge in [0.2, 0.25) is 5.91 Å². The number of nitrogens with one attached hydrogen (secondary N) is 2. The standard InChI is InChI=1S/C18H22F3N3O3/c19-18(20,21)14-3-4-15(16(10-14)24(26)27)22-5-6-23-17(25)9-13-8-11-1-2-12(13)7-11/h3-4,10-13,22H,1-2,5-9H2,(H,23,25)/t11-,12+,13-/m0/s1. The van der Waals surface area contributed by atoms with Crippen LogP contribution in [0.25, 0.3) is 0 Å². The van der Waals surface area contributed by atoms with E-state index in [1.54, 1.807) is 0 Å². The summed E-state index contributed by atoms with van der Waals surface area (Å²) < 4.78 is 38.1. The Kier molecular flexibility index (Phi) is 5.57. The van der Waals surface area contributed by atoms with Crippen LogP contribution in [0.15, 0.2) is 18.2 Å². The maximum Gasteiger partial charge on any atom is 0.416 e. The summed E-state index contributed by atoms with van der Waals surface area (Å²) in [7, 11) is 0. The topological polar surface area (TPSA) is 84.3 Å². The first-order chi connectivity index (χ1) is 12.7. The Bertz CT molecular complexity index is 724. The van der Waals surface area contributed by atoms with Gasteiger partial charge in [-0.25, -0.2) is 0 Å². The number of carbonyl (C=O) groups is 1. The molecular formula is C18H22F3N3O3. The number of halogens is 3. The van der Waals surface area contributed by atoms with Crippen LogP contribution >= 0.6 is 0 Å². The number of nitro groups is 1. The number of fused-ring (bicyclic) bond motifs is 2. The zero-order valence-electron chi connectivity index (χ0n) is 14.7. The van der Waals surface area contributed by atoms with Gasteiger partial charge in [-0.2, -0.15) is 13.2 Å². The minimum atomic E-state index is -4.64. The lowest BCUT2D eigenvalue weighted by Crippen LogP contribution is -2.31. The molecule has 27 heavy (non-hydrogen) atoms. The molecule has 1 amide bonds. The van der Waals surface area contributed by atoms with Gasteiger partial charge < -0.3 is 10.6 Å². The molecule has 0 aliphatic heterocycles. The first-order valence-electron chi connectivity index (χ1n) is 9.10. The predicted molar refractivity (Wildman–Crippen MR) is 93.2 cm³/mol. The van der Waals surface area contributed by atoms with Gasteiger partial charge >= 0.3 is 6.18 Å². The van der Waals surface area contributed by atoms with Crippen molar-refractivity contribution in [1.82, 2.24) is 5.32 Å². The lowest BCUT2D eigenvalue weighted by Gasteiger charge is -2.20. The van der Waals surface area contributed by atoms with E-state index in [9.17, 15) is 28.1 Å². The van der Waals surface area contributed by atoms with Crippen molar-refractivity contribution in [2.45, 2.75) is 38.3 Å². The molecule has 1 aromatic rings. The van der Waals surface area contributed by atoms with E-state index in [1.165, 1.54) is 19.3 Å². The van der Waals surface area contributed by atoms with Gasteiger partial charge in [0.25, 0.3) is 5.69 Å². The van der Waals surface area contributed by atoms with Crippen molar-refractivity contribution < 1.29 is 22.9 Å². The van der Waals surface area contributed by atoms with Gasteiger partial charge in [0.1, 0.15) is 5.69 Å². The molecule has 148 valence electrons. The highest BCUT2D eigenvalue weighted by atomic mass is 19.4. The molecule has 6 nitrogen and oxygen atoms in total. The van der Waals surface area contributed by atoms with Crippen molar-refractivity contribution in [3.05, 3.63) is 33.9 Å². The third-order valence-corrected chi connectivity index (χ3v) is 5.62. The summed E-state index contributed by atoms with van der Waals surface area (Å²) in [5.41, 5.74) is -1.72. The third-order valence-electron chi connectivity index (χ3n) is 5.62. The van der Waals surface area contributed by atoms with Crippen molar-refractivity contribution >= 4 is 17.3 Å². The molecule has 2 aliphatic carbocycles. The van der Waals surface area contributed by atoms with E-state index >= 15 is 0 Å². The van der Waals surface area contributed by atoms with Gasteiger partial charge in [0.15, 0.2) is 0 Å². The van der Waals surface area contributed by atoms with E-state index in [1.807, 2.05) is 0 Å². The Morgan fingerprint density at radius 2 is 2.00 bits per heavy atom. The van der Waals surface area contributed by atoms with E-state index in [0.29, 0.717) is 24.3 Å². The molecule has 0 aromatic heterocycles. The highest BCUT2D eigenvalue weighted by Crippen LogP contribution is 2.49. The largest absolute Gasteiger partial charge is 0.416 e.